The van der Waals surface area contributed by atoms with Gasteiger partial charge < -0.3 is 9.84 Å². The Morgan fingerprint density at radius 2 is 2.05 bits per heavy atom. The van der Waals surface area contributed by atoms with Crippen molar-refractivity contribution in [1.82, 2.24) is 0 Å². The summed E-state index contributed by atoms with van der Waals surface area (Å²) in [5.74, 6) is 2.35. The van der Waals surface area contributed by atoms with Crippen molar-refractivity contribution in [2.75, 3.05) is 18.1 Å². The van der Waals surface area contributed by atoms with Crippen molar-refractivity contribution in [3.05, 3.63) is 28.2 Å². The molecule has 0 aromatic heterocycles. The van der Waals surface area contributed by atoms with Crippen molar-refractivity contribution in [1.29, 1.82) is 0 Å². The summed E-state index contributed by atoms with van der Waals surface area (Å²) < 4.78 is 5.50. The predicted octanol–water partition coefficient (Wildman–Crippen LogP) is 5.05. The fourth-order valence-corrected chi connectivity index (χ4v) is 3.08. The minimum absolute atomic E-state index is 0.253. The largest absolute Gasteiger partial charge is 0.489 e. The molecule has 20 heavy (non-hydrogen) atoms. The summed E-state index contributed by atoms with van der Waals surface area (Å²) in [7, 11) is 0. The first-order valence-electron chi connectivity index (χ1n) is 6.97. The van der Waals surface area contributed by atoms with Gasteiger partial charge in [-0.2, -0.15) is 11.8 Å². The number of benzene rings is 1. The maximum absolute atomic E-state index is 9.84. The molecule has 0 radical (unpaired) electrons. The molecule has 2 nitrogen and oxygen atoms in total. The number of hydrogen-bond acceptors (Lipinski definition) is 3. The van der Waals surface area contributed by atoms with Crippen molar-refractivity contribution in [2.45, 2.75) is 38.7 Å². The molecule has 0 saturated heterocycles. The van der Waals surface area contributed by atoms with E-state index in [2.05, 4.69) is 6.92 Å². The lowest BCUT2D eigenvalue weighted by atomic mass is 10.2. The van der Waals surface area contributed by atoms with Gasteiger partial charge in [-0.3, -0.25) is 0 Å². The lowest BCUT2D eigenvalue weighted by Crippen LogP contribution is -2.20. The normalized spacial score (nSPS) is 12.4. The van der Waals surface area contributed by atoms with Crippen LogP contribution in [-0.2, 0) is 0 Å². The van der Waals surface area contributed by atoms with Gasteiger partial charge >= 0.3 is 0 Å². The van der Waals surface area contributed by atoms with E-state index in [1.54, 1.807) is 30.0 Å². The Balaban J connectivity index is 2.14. The van der Waals surface area contributed by atoms with E-state index in [0.717, 1.165) is 5.75 Å². The minimum atomic E-state index is -0.474. The number of halogens is 2. The molecular formula is C15H22Cl2O2S. The number of aliphatic hydroxyl groups is 1. The number of ether oxygens (including phenoxy) is 1. The van der Waals surface area contributed by atoms with Crippen LogP contribution in [0.2, 0.25) is 10.0 Å². The van der Waals surface area contributed by atoms with Crippen LogP contribution in [0.4, 0.5) is 0 Å². The molecule has 0 spiro atoms. The molecule has 5 heteroatoms. The zero-order valence-corrected chi connectivity index (χ0v) is 14.1. The Labute approximate surface area is 135 Å². The van der Waals surface area contributed by atoms with Crippen molar-refractivity contribution >= 4 is 35.0 Å². The van der Waals surface area contributed by atoms with Gasteiger partial charge in [-0.25, -0.2) is 0 Å². The van der Waals surface area contributed by atoms with E-state index in [1.165, 1.54) is 25.7 Å². The monoisotopic (exact) mass is 336 g/mol. The molecule has 0 aliphatic carbocycles. The number of unbranched alkanes of at least 4 members (excludes halogenated alkanes) is 3. The van der Waals surface area contributed by atoms with E-state index in [9.17, 15) is 5.11 Å². The van der Waals surface area contributed by atoms with Crippen molar-refractivity contribution in [2.24, 2.45) is 0 Å². The smallest absolute Gasteiger partial charge is 0.138 e. The number of rotatable bonds is 10. The van der Waals surface area contributed by atoms with E-state index in [-0.39, 0.29) is 6.61 Å². The molecule has 0 fully saturated rings. The molecule has 0 aliphatic heterocycles. The molecule has 0 amide bonds. The second kappa shape index (κ2) is 10.6. The lowest BCUT2D eigenvalue weighted by molar-refractivity contribution is 0.126. The van der Waals surface area contributed by atoms with Gasteiger partial charge in [-0.15, -0.1) is 0 Å². The highest BCUT2D eigenvalue weighted by atomic mass is 35.5. The van der Waals surface area contributed by atoms with Gasteiger partial charge in [0, 0.05) is 10.8 Å². The predicted molar refractivity (Wildman–Crippen MR) is 89.4 cm³/mol. The average molecular weight is 337 g/mol. The van der Waals surface area contributed by atoms with Gasteiger partial charge in [0.2, 0.25) is 0 Å². The maximum atomic E-state index is 9.84. The SMILES string of the molecule is CCCCCCSCC(O)COc1ccc(Cl)cc1Cl. The Morgan fingerprint density at radius 3 is 2.75 bits per heavy atom. The summed E-state index contributed by atoms with van der Waals surface area (Å²) in [5, 5.41) is 10.9. The fraction of sp³-hybridized carbons (Fsp3) is 0.600. The molecule has 0 saturated carbocycles. The van der Waals surface area contributed by atoms with Crippen molar-refractivity contribution < 1.29 is 9.84 Å². The highest BCUT2D eigenvalue weighted by Crippen LogP contribution is 2.27. The average Bonchev–Trinajstić information content (AvgIpc) is 2.41. The first-order valence-corrected chi connectivity index (χ1v) is 8.88. The summed E-state index contributed by atoms with van der Waals surface area (Å²) >= 11 is 13.6. The van der Waals surface area contributed by atoms with Gasteiger partial charge in [0.05, 0.1) is 11.1 Å². The van der Waals surface area contributed by atoms with Crippen LogP contribution in [0.3, 0.4) is 0 Å². The van der Waals surface area contributed by atoms with E-state index in [0.29, 0.717) is 21.5 Å². The molecular weight excluding hydrogens is 315 g/mol. The third-order valence-corrected chi connectivity index (χ3v) is 4.51. The fourth-order valence-electron chi connectivity index (χ4n) is 1.68. The molecule has 0 heterocycles. The molecule has 1 rings (SSSR count). The van der Waals surface area contributed by atoms with Crippen LogP contribution in [0.5, 0.6) is 5.75 Å². The highest BCUT2D eigenvalue weighted by Gasteiger charge is 2.08. The third-order valence-electron chi connectivity index (χ3n) is 2.78. The quantitative estimate of drug-likeness (QED) is 0.606. The van der Waals surface area contributed by atoms with Crippen LogP contribution in [0, 0.1) is 0 Å². The Bertz CT molecular complexity index is 388. The van der Waals surface area contributed by atoms with E-state index in [4.69, 9.17) is 27.9 Å². The first kappa shape index (κ1) is 18.0. The maximum Gasteiger partial charge on any atom is 0.138 e. The van der Waals surface area contributed by atoms with E-state index in [1.807, 2.05) is 0 Å². The van der Waals surface area contributed by atoms with Gasteiger partial charge in [0.25, 0.3) is 0 Å². The Hall–Kier alpha value is -0.0900. The summed E-state index contributed by atoms with van der Waals surface area (Å²) in [6, 6.07) is 5.07. The van der Waals surface area contributed by atoms with Crippen molar-refractivity contribution in [3.63, 3.8) is 0 Å². The van der Waals surface area contributed by atoms with Crippen LogP contribution in [0.1, 0.15) is 32.6 Å². The van der Waals surface area contributed by atoms with Gasteiger partial charge in [0.1, 0.15) is 12.4 Å². The minimum Gasteiger partial charge on any atom is -0.489 e. The second-order valence-corrected chi connectivity index (χ2v) is 6.67. The summed E-state index contributed by atoms with van der Waals surface area (Å²) in [4.78, 5) is 0. The second-order valence-electron chi connectivity index (χ2n) is 4.68. The van der Waals surface area contributed by atoms with E-state index >= 15 is 0 Å². The zero-order chi connectivity index (χ0) is 14.8. The van der Waals surface area contributed by atoms with Gasteiger partial charge in [-0.05, 0) is 30.4 Å². The highest BCUT2D eigenvalue weighted by molar-refractivity contribution is 7.99. The molecule has 1 unspecified atom stereocenters. The molecule has 1 aromatic carbocycles. The molecule has 1 aromatic rings. The summed E-state index contributed by atoms with van der Waals surface area (Å²) in [6.07, 6.45) is 4.56. The molecule has 1 atom stereocenters. The number of hydrogen-bond donors (Lipinski definition) is 1. The van der Waals surface area contributed by atoms with Crippen molar-refractivity contribution in [3.8, 4) is 5.75 Å². The Morgan fingerprint density at radius 1 is 1.25 bits per heavy atom. The van der Waals surface area contributed by atoms with Gasteiger partial charge in [0.15, 0.2) is 0 Å². The van der Waals surface area contributed by atoms with E-state index < -0.39 is 6.10 Å². The lowest BCUT2D eigenvalue weighted by Gasteiger charge is -2.13. The molecule has 0 bridgehead atoms. The van der Waals surface area contributed by atoms with Crippen LogP contribution < -0.4 is 4.74 Å². The van der Waals surface area contributed by atoms with Crippen LogP contribution in [0.25, 0.3) is 0 Å². The third kappa shape index (κ3) is 7.63. The molecule has 1 N–H and O–H groups in total. The standard InChI is InChI=1S/C15H22Cl2O2S/c1-2-3-4-5-8-20-11-13(18)10-19-15-7-6-12(16)9-14(15)17/h6-7,9,13,18H,2-5,8,10-11H2,1H3. The molecule has 114 valence electrons. The van der Waals surface area contributed by atoms with Gasteiger partial charge in [-0.1, -0.05) is 49.4 Å². The topological polar surface area (TPSA) is 29.5 Å². The summed E-state index contributed by atoms with van der Waals surface area (Å²) in [5.41, 5.74) is 0. The van der Waals surface area contributed by atoms with Crippen LogP contribution in [0.15, 0.2) is 18.2 Å². The van der Waals surface area contributed by atoms with Crippen LogP contribution in [-0.4, -0.2) is 29.3 Å². The first-order chi connectivity index (χ1) is 9.63. The van der Waals surface area contributed by atoms with Crippen LogP contribution >= 0.6 is 35.0 Å². The Kier molecular flexibility index (Phi) is 9.53. The molecule has 0 aliphatic rings. The number of aliphatic hydroxyl groups excluding tert-OH is 1. The zero-order valence-electron chi connectivity index (χ0n) is 11.8. The summed E-state index contributed by atoms with van der Waals surface area (Å²) in [6.45, 7) is 2.46. The number of thioether (sulfide) groups is 1.